The molecule has 3 unspecified atom stereocenters. The number of nitrogens with one attached hydrogen (secondary N) is 1. The first-order chi connectivity index (χ1) is 9.86. The second-order valence-corrected chi connectivity index (χ2v) is 5.30. The summed E-state index contributed by atoms with van der Waals surface area (Å²) >= 11 is 5.66. The van der Waals surface area contributed by atoms with Gasteiger partial charge in [-0.2, -0.15) is 13.2 Å². The van der Waals surface area contributed by atoms with Crippen molar-refractivity contribution in [3.8, 4) is 0 Å². The van der Waals surface area contributed by atoms with Gasteiger partial charge in [0.2, 0.25) is 0 Å². The van der Waals surface area contributed by atoms with Crippen LogP contribution in [0.2, 0.25) is 5.02 Å². The first kappa shape index (κ1) is 16.4. The van der Waals surface area contributed by atoms with Gasteiger partial charge in [-0.25, -0.2) is 0 Å². The van der Waals surface area contributed by atoms with Gasteiger partial charge < -0.3 is 14.8 Å². The highest BCUT2D eigenvalue weighted by molar-refractivity contribution is 6.30. The van der Waals surface area contributed by atoms with Crippen LogP contribution in [-0.2, 0) is 15.7 Å². The lowest BCUT2D eigenvalue weighted by molar-refractivity contribution is -0.137. The minimum atomic E-state index is -4.46. The fourth-order valence-corrected chi connectivity index (χ4v) is 2.66. The highest BCUT2D eigenvalue weighted by atomic mass is 35.5. The minimum absolute atomic E-state index is 0.00824. The number of ether oxygens (including phenoxy) is 2. The molecule has 1 aliphatic rings. The Bertz CT molecular complexity index is 496. The third-order valence-electron chi connectivity index (χ3n) is 3.53. The molecule has 0 aromatic heterocycles. The Morgan fingerprint density at radius 3 is 2.67 bits per heavy atom. The fourth-order valence-electron chi connectivity index (χ4n) is 2.49. The van der Waals surface area contributed by atoms with Gasteiger partial charge >= 0.3 is 6.18 Å². The quantitative estimate of drug-likeness (QED) is 0.889. The molecule has 1 aromatic rings. The Morgan fingerprint density at radius 2 is 2.10 bits per heavy atom. The molecular formula is C14H17ClF3NO2. The molecule has 1 fully saturated rings. The topological polar surface area (TPSA) is 30.5 Å². The van der Waals surface area contributed by atoms with E-state index >= 15 is 0 Å². The molecule has 1 aliphatic carbocycles. The number of hydrogen-bond donors (Lipinski definition) is 1. The summed E-state index contributed by atoms with van der Waals surface area (Å²) in [5, 5.41) is 2.94. The van der Waals surface area contributed by atoms with Gasteiger partial charge in [0.05, 0.1) is 17.7 Å². The first-order valence-electron chi connectivity index (χ1n) is 6.64. The average Bonchev–Trinajstić information content (AvgIpc) is 2.38. The van der Waals surface area contributed by atoms with Gasteiger partial charge in [0.1, 0.15) is 6.10 Å². The Labute approximate surface area is 126 Å². The van der Waals surface area contributed by atoms with Gasteiger partial charge in [0.15, 0.2) is 0 Å². The molecule has 21 heavy (non-hydrogen) atoms. The van der Waals surface area contributed by atoms with E-state index in [2.05, 4.69) is 5.32 Å². The zero-order valence-electron chi connectivity index (χ0n) is 11.7. The molecule has 2 rings (SSSR count). The predicted molar refractivity (Wildman–Crippen MR) is 74.7 cm³/mol. The van der Waals surface area contributed by atoms with Crippen LogP contribution in [0.1, 0.15) is 18.9 Å². The predicted octanol–water partition coefficient (Wildman–Crippen LogP) is 3.96. The van der Waals surface area contributed by atoms with E-state index in [1.807, 2.05) is 6.92 Å². The maximum atomic E-state index is 13.0. The summed E-state index contributed by atoms with van der Waals surface area (Å²) in [5.41, 5.74) is -0.765. The van der Waals surface area contributed by atoms with Gasteiger partial charge in [-0.3, -0.25) is 0 Å². The molecule has 0 amide bonds. The Morgan fingerprint density at radius 1 is 1.38 bits per heavy atom. The number of anilines is 1. The molecule has 0 saturated heterocycles. The number of rotatable bonds is 5. The maximum Gasteiger partial charge on any atom is 0.418 e. The lowest BCUT2D eigenvalue weighted by Gasteiger charge is -2.44. The highest BCUT2D eigenvalue weighted by Crippen LogP contribution is 2.38. The summed E-state index contributed by atoms with van der Waals surface area (Å²) in [6.07, 6.45) is -4.20. The summed E-state index contributed by atoms with van der Waals surface area (Å²) in [6, 6.07) is 3.48. The zero-order chi connectivity index (χ0) is 15.6. The number of hydrogen-bond acceptors (Lipinski definition) is 3. The SMILES string of the molecule is CCOC1CC(Nc2ccc(Cl)cc2C(F)(F)F)C1OC. The van der Waals surface area contributed by atoms with Crippen molar-refractivity contribution in [3.05, 3.63) is 28.8 Å². The number of benzene rings is 1. The van der Waals surface area contributed by atoms with Crippen molar-refractivity contribution in [3.63, 3.8) is 0 Å². The van der Waals surface area contributed by atoms with E-state index in [-0.39, 0.29) is 29.0 Å². The lowest BCUT2D eigenvalue weighted by atomic mass is 9.84. The molecule has 3 nitrogen and oxygen atoms in total. The van der Waals surface area contributed by atoms with Crippen LogP contribution in [0.15, 0.2) is 18.2 Å². The molecule has 118 valence electrons. The summed E-state index contributed by atoms with van der Waals surface area (Å²) in [4.78, 5) is 0. The molecule has 1 saturated carbocycles. The smallest absolute Gasteiger partial charge is 0.379 e. The fraction of sp³-hybridized carbons (Fsp3) is 0.571. The van der Waals surface area contributed by atoms with Gasteiger partial charge in [-0.15, -0.1) is 0 Å². The number of halogens is 4. The highest BCUT2D eigenvalue weighted by Gasteiger charge is 2.43. The van der Waals surface area contributed by atoms with E-state index in [0.29, 0.717) is 13.0 Å². The molecule has 0 heterocycles. The van der Waals surface area contributed by atoms with Crippen molar-refractivity contribution in [1.29, 1.82) is 0 Å². The lowest BCUT2D eigenvalue weighted by Crippen LogP contribution is -2.57. The zero-order valence-corrected chi connectivity index (χ0v) is 12.5. The largest absolute Gasteiger partial charge is 0.418 e. The molecule has 7 heteroatoms. The standard InChI is InChI=1S/C14H17ClF3NO2/c1-3-21-12-7-11(13(12)20-2)19-10-5-4-8(15)6-9(10)14(16,17)18/h4-6,11-13,19H,3,7H2,1-2H3. The van der Waals surface area contributed by atoms with E-state index in [0.717, 1.165) is 6.07 Å². The first-order valence-corrected chi connectivity index (χ1v) is 7.02. The van der Waals surface area contributed by atoms with Crippen molar-refractivity contribution in [2.45, 2.75) is 37.8 Å². The monoisotopic (exact) mass is 323 g/mol. The summed E-state index contributed by atoms with van der Waals surface area (Å²) in [5.74, 6) is 0. The van der Waals surface area contributed by atoms with E-state index in [9.17, 15) is 13.2 Å². The van der Waals surface area contributed by atoms with Crippen LogP contribution in [0, 0.1) is 0 Å². The molecule has 3 atom stereocenters. The average molecular weight is 324 g/mol. The van der Waals surface area contributed by atoms with Gasteiger partial charge in [-0.1, -0.05) is 11.6 Å². The number of alkyl halides is 3. The van der Waals surface area contributed by atoms with Crippen molar-refractivity contribution >= 4 is 17.3 Å². The van der Waals surface area contributed by atoms with E-state index in [4.69, 9.17) is 21.1 Å². The van der Waals surface area contributed by atoms with Crippen LogP contribution in [0.5, 0.6) is 0 Å². The molecule has 1 aromatic carbocycles. The van der Waals surface area contributed by atoms with Gasteiger partial charge in [0.25, 0.3) is 0 Å². The van der Waals surface area contributed by atoms with Crippen LogP contribution in [0.4, 0.5) is 18.9 Å². The van der Waals surface area contributed by atoms with Crippen LogP contribution < -0.4 is 5.32 Å². The summed E-state index contributed by atoms with van der Waals surface area (Å²) in [6.45, 7) is 2.42. The Kier molecular flexibility index (Phi) is 5.01. The van der Waals surface area contributed by atoms with Crippen molar-refractivity contribution in [1.82, 2.24) is 0 Å². The third-order valence-corrected chi connectivity index (χ3v) is 3.77. The molecule has 0 bridgehead atoms. The molecule has 0 aliphatic heterocycles. The van der Waals surface area contributed by atoms with Crippen LogP contribution in [-0.4, -0.2) is 32.0 Å². The van der Waals surface area contributed by atoms with Crippen LogP contribution in [0.25, 0.3) is 0 Å². The maximum absolute atomic E-state index is 13.0. The summed E-state index contributed by atoms with van der Waals surface area (Å²) < 4.78 is 49.8. The third kappa shape index (κ3) is 3.62. The van der Waals surface area contributed by atoms with Crippen molar-refractivity contribution < 1.29 is 22.6 Å². The van der Waals surface area contributed by atoms with E-state index in [1.54, 1.807) is 0 Å². The normalized spacial score (nSPS) is 25.5. The molecule has 1 N–H and O–H groups in total. The number of methoxy groups -OCH3 is 1. The van der Waals surface area contributed by atoms with Crippen molar-refractivity contribution in [2.75, 3.05) is 19.0 Å². The minimum Gasteiger partial charge on any atom is -0.379 e. The van der Waals surface area contributed by atoms with Gasteiger partial charge in [0, 0.05) is 24.4 Å². The Balaban J connectivity index is 2.14. The second-order valence-electron chi connectivity index (χ2n) is 4.87. The molecule has 0 radical (unpaired) electrons. The summed E-state index contributed by atoms with van der Waals surface area (Å²) in [7, 11) is 1.52. The van der Waals surface area contributed by atoms with Crippen molar-refractivity contribution in [2.24, 2.45) is 0 Å². The van der Waals surface area contributed by atoms with E-state index < -0.39 is 11.7 Å². The van der Waals surface area contributed by atoms with Crippen LogP contribution in [0.3, 0.4) is 0 Å². The van der Waals surface area contributed by atoms with E-state index in [1.165, 1.54) is 19.2 Å². The van der Waals surface area contributed by atoms with Gasteiger partial charge in [-0.05, 0) is 31.5 Å². The Hall–Kier alpha value is -0.980. The molecular weight excluding hydrogens is 307 g/mol. The second kappa shape index (κ2) is 6.42. The van der Waals surface area contributed by atoms with Crippen LogP contribution >= 0.6 is 11.6 Å². The molecule has 0 spiro atoms.